The lowest BCUT2D eigenvalue weighted by molar-refractivity contribution is 0.102. The number of hydrogen-bond donors (Lipinski definition) is 1. The summed E-state index contributed by atoms with van der Waals surface area (Å²) in [5, 5.41) is 12.1. The standard InChI is InChI=1S/C20H18ClFN4O3S2/c21-14-5-1-7-16(10-14)23-18(27)20-25-24-19(30-20)13-4-3-9-26(12-13)31(28,29)17-8-2-6-15(22)11-17/h1-2,5-8,10-11,13H,3-4,9,12H2,(H,23,27)/t13-/m1/s1. The molecule has 0 aliphatic carbocycles. The molecule has 11 heteroatoms. The number of carbonyl (C=O) groups is 1. The molecule has 2 heterocycles. The van der Waals surface area contributed by atoms with E-state index in [0.717, 1.165) is 23.8 Å². The van der Waals surface area contributed by atoms with E-state index in [1.54, 1.807) is 24.3 Å². The predicted molar refractivity (Wildman–Crippen MR) is 116 cm³/mol. The molecule has 2 aromatic carbocycles. The van der Waals surface area contributed by atoms with Crippen LogP contribution in [0.5, 0.6) is 0 Å². The summed E-state index contributed by atoms with van der Waals surface area (Å²) in [6.07, 6.45) is 1.35. The molecule has 3 aromatic rings. The first-order valence-electron chi connectivity index (χ1n) is 9.49. The van der Waals surface area contributed by atoms with E-state index in [0.29, 0.717) is 28.7 Å². The molecule has 4 rings (SSSR count). The molecular formula is C20H18ClFN4O3S2. The number of piperidine rings is 1. The Hall–Kier alpha value is -2.40. The third-order valence-corrected chi connectivity index (χ3v) is 8.07. The highest BCUT2D eigenvalue weighted by Gasteiger charge is 2.33. The average molecular weight is 481 g/mol. The van der Waals surface area contributed by atoms with Gasteiger partial charge in [0.25, 0.3) is 5.91 Å². The summed E-state index contributed by atoms with van der Waals surface area (Å²) in [7, 11) is -3.82. The topological polar surface area (TPSA) is 92.3 Å². The van der Waals surface area contributed by atoms with Gasteiger partial charge in [0, 0.05) is 29.7 Å². The van der Waals surface area contributed by atoms with Crippen molar-refractivity contribution < 1.29 is 17.6 Å². The van der Waals surface area contributed by atoms with Crippen molar-refractivity contribution in [3.8, 4) is 0 Å². The van der Waals surface area contributed by atoms with Crippen molar-refractivity contribution in [3.05, 3.63) is 69.4 Å². The molecule has 31 heavy (non-hydrogen) atoms. The number of aromatic nitrogens is 2. The van der Waals surface area contributed by atoms with Crippen LogP contribution in [0.2, 0.25) is 5.02 Å². The van der Waals surface area contributed by atoms with Crippen LogP contribution in [0.15, 0.2) is 53.4 Å². The Labute approximate surface area is 187 Å². The second-order valence-corrected chi connectivity index (χ2v) is 10.5. The van der Waals surface area contributed by atoms with E-state index in [2.05, 4.69) is 15.5 Å². The van der Waals surface area contributed by atoms with Crippen LogP contribution in [0.4, 0.5) is 10.1 Å². The minimum Gasteiger partial charge on any atom is -0.320 e. The van der Waals surface area contributed by atoms with Crippen molar-refractivity contribution in [1.29, 1.82) is 0 Å². The zero-order valence-electron chi connectivity index (χ0n) is 16.2. The van der Waals surface area contributed by atoms with Gasteiger partial charge in [0.15, 0.2) is 0 Å². The first-order chi connectivity index (χ1) is 14.8. The van der Waals surface area contributed by atoms with Gasteiger partial charge in [-0.3, -0.25) is 4.79 Å². The number of amides is 1. The number of benzene rings is 2. The van der Waals surface area contributed by atoms with Crippen molar-refractivity contribution in [1.82, 2.24) is 14.5 Å². The second-order valence-electron chi connectivity index (χ2n) is 7.07. The molecule has 1 atom stereocenters. The Kier molecular flexibility index (Phi) is 6.33. The summed E-state index contributed by atoms with van der Waals surface area (Å²) in [5.41, 5.74) is 0.541. The summed E-state index contributed by atoms with van der Waals surface area (Å²) in [5.74, 6) is -1.21. The molecule has 1 saturated heterocycles. The van der Waals surface area contributed by atoms with Crippen molar-refractivity contribution in [2.75, 3.05) is 18.4 Å². The van der Waals surface area contributed by atoms with Gasteiger partial charge >= 0.3 is 0 Å². The van der Waals surface area contributed by atoms with Crippen molar-refractivity contribution in [3.63, 3.8) is 0 Å². The average Bonchev–Trinajstić information content (AvgIpc) is 3.24. The van der Waals surface area contributed by atoms with Crippen LogP contribution in [0.1, 0.15) is 33.6 Å². The fraction of sp³-hybridized carbons (Fsp3) is 0.250. The highest BCUT2D eigenvalue weighted by atomic mass is 35.5. The summed E-state index contributed by atoms with van der Waals surface area (Å²) in [6, 6.07) is 11.7. The fourth-order valence-corrected chi connectivity index (χ4v) is 5.99. The third-order valence-electron chi connectivity index (χ3n) is 4.88. The van der Waals surface area contributed by atoms with Crippen LogP contribution in [-0.4, -0.2) is 41.9 Å². The van der Waals surface area contributed by atoms with E-state index in [-0.39, 0.29) is 22.4 Å². The van der Waals surface area contributed by atoms with Crippen LogP contribution in [0.3, 0.4) is 0 Å². The molecule has 162 valence electrons. The van der Waals surface area contributed by atoms with E-state index in [9.17, 15) is 17.6 Å². The Bertz CT molecular complexity index is 1220. The highest BCUT2D eigenvalue weighted by molar-refractivity contribution is 7.89. The SMILES string of the molecule is O=C(Nc1cccc(Cl)c1)c1nnc([C@@H]2CCCN(S(=O)(=O)c3cccc(F)c3)C2)s1. The smallest absolute Gasteiger partial charge is 0.286 e. The Morgan fingerprint density at radius 3 is 2.77 bits per heavy atom. The summed E-state index contributed by atoms with van der Waals surface area (Å²) >= 11 is 7.07. The maximum Gasteiger partial charge on any atom is 0.286 e. The van der Waals surface area contributed by atoms with Crippen LogP contribution in [0, 0.1) is 5.82 Å². The number of nitrogens with zero attached hydrogens (tertiary/aromatic N) is 3. The third kappa shape index (κ3) is 4.93. The fourth-order valence-electron chi connectivity index (χ4n) is 3.38. The normalized spacial score (nSPS) is 17.4. The molecule has 0 unspecified atom stereocenters. The molecule has 0 saturated carbocycles. The number of anilines is 1. The molecule has 1 aromatic heterocycles. The Morgan fingerprint density at radius 2 is 2.00 bits per heavy atom. The predicted octanol–water partition coefficient (Wildman–Crippen LogP) is 4.15. The van der Waals surface area contributed by atoms with Crippen LogP contribution in [0.25, 0.3) is 0 Å². The van der Waals surface area contributed by atoms with Crippen LogP contribution in [-0.2, 0) is 10.0 Å². The molecule has 0 spiro atoms. The zero-order chi connectivity index (χ0) is 22.0. The Morgan fingerprint density at radius 1 is 1.19 bits per heavy atom. The van der Waals surface area contributed by atoms with Gasteiger partial charge in [-0.2, -0.15) is 4.31 Å². The minimum absolute atomic E-state index is 0.0768. The molecule has 1 amide bonds. The lowest BCUT2D eigenvalue weighted by atomic mass is 10.0. The number of carbonyl (C=O) groups excluding carboxylic acids is 1. The number of halogens is 2. The van der Waals surface area contributed by atoms with Gasteiger partial charge < -0.3 is 5.32 Å². The molecule has 0 radical (unpaired) electrons. The van der Waals surface area contributed by atoms with E-state index < -0.39 is 21.7 Å². The maximum atomic E-state index is 13.5. The molecule has 1 aliphatic heterocycles. The number of sulfonamides is 1. The van der Waals surface area contributed by atoms with E-state index >= 15 is 0 Å². The van der Waals surface area contributed by atoms with Crippen molar-refractivity contribution in [2.24, 2.45) is 0 Å². The van der Waals surface area contributed by atoms with Gasteiger partial charge in [-0.25, -0.2) is 12.8 Å². The molecule has 1 N–H and O–H groups in total. The van der Waals surface area contributed by atoms with Gasteiger partial charge in [0.2, 0.25) is 15.0 Å². The lowest BCUT2D eigenvalue weighted by Crippen LogP contribution is -2.39. The van der Waals surface area contributed by atoms with Crippen LogP contribution >= 0.6 is 22.9 Å². The molecule has 0 bridgehead atoms. The zero-order valence-corrected chi connectivity index (χ0v) is 18.6. The number of nitrogens with one attached hydrogen (secondary N) is 1. The maximum absolute atomic E-state index is 13.5. The minimum atomic E-state index is -3.82. The van der Waals surface area contributed by atoms with Gasteiger partial charge in [0.1, 0.15) is 10.8 Å². The second kappa shape index (κ2) is 8.99. The first-order valence-corrected chi connectivity index (χ1v) is 12.1. The lowest BCUT2D eigenvalue weighted by Gasteiger charge is -2.30. The summed E-state index contributed by atoms with van der Waals surface area (Å²) in [6.45, 7) is 0.541. The Balaban J connectivity index is 1.48. The molecule has 1 fully saturated rings. The largest absolute Gasteiger partial charge is 0.320 e. The quantitative estimate of drug-likeness (QED) is 0.592. The highest BCUT2D eigenvalue weighted by Crippen LogP contribution is 2.32. The van der Waals surface area contributed by atoms with Crippen molar-refractivity contribution in [2.45, 2.75) is 23.7 Å². The molecule has 7 nitrogen and oxygen atoms in total. The van der Waals surface area contributed by atoms with Crippen LogP contribution < -0.4 is 5.32 Å². The van der Waals surface area contributed by atoms with E-state index in [1.807, 2.05) is 0 Å². The summed E-state index contributed by atoms with van der Waals surface area (Å²) < 4.78 is 40.7. The monoisotopic (exact) mass is 480 g/mol. The first kappa shape index (κ1) is 21.8. The number of hydrogen-bond acceptors (Lipinski definition) is 6. The summed E-state index contributed by atoms with van der Waals surface area (Å²) in [4.78, 5) is 12.4. The number of rotatable bonds is 5. The molecular weight excluding hydrogens is 463 g/mol. The van der Waals surface area contributed by atoms with Gasteiger partial charge in [-0.05, 0) is 49.2 Å². The van der Waals surface area contributed by atoms with Gasteiger partial charge in [-0.15, -0.1) is 10.2 Å². The van der Waals surface area contributed by atoms with Gasteiger partial charge in [-0.1, -0.05) is 35.1 Å². The van der Waals surface area contributed by atoms with Gasteiger partial charge in [0.05, 0.1) is 4.90 Å². The van der Waals surface area contributed by atoms with E-state index in [1.165, 1.54) is 22.5 Å². The van der Waals surface area contributed by atoms with Crippen molar-refractivity contribution >= 4 is 44.6 Å². The molecule has 1 aliphatic rings. The van der Waals surface area contributed by atoms with E-state index in [4.69, 9.17) is 11.6 Å².